The van der Waals surface area contributed by atoms with E-state index in [-0.39, 0.29) is 5.91 Å². The number of aromatic nitrogens is 3. The highest BCUT2D eigenvalue weighted by Crippen LogP contribution is 2.36. The molecule has 7 nitrogen and oxygen atoms in total. The Morgan fingerprint density at radius 2 is 1.88 bits per heavy atom. The van der Waals surface area contributed by atoms with Crippen LogP contribution in [0.15, 0.2) is 60.1 Å². The van der Waals surface area contributed by atoms with E-state index < -0.39 is 6.04 Å². The fourth-order valence-corrected chi connectivity index (χ4v) is 4.30. The van der Waals surface area contributed by atoms with Crippen LogP contribution in [0.1, 0.15) is 62.3 Å². The third-order valence-corrected chi connectivity index (χ3v) is 6.13. The van der Waals surface area contributed by atoms with Crippen molar-refractivity contribution in [3.8, 4) is 5.75 Å². The Bertz CT molecular complexity index is 1180. The summed E-state index contributed by atoms with van der Waals surface area (Å²) in [7, 11) is 0. The first kappa shape index (κ1) is 23.5. The van der Waals surface area contributed by atoms with Crippen molar-refractivity contribution in [1.82, 2.24) is 14.8 Å². The van der Waals surface area contributed by atoms with Crippen molar-refractivity contribution in [3.63, 3.8) is 0 Å². The number of amides is 1. The third kappa shape index (κ3) is 5.14. The van der Waals surface area contributed by atoms with Gasteiger partial charge in [0.2, 0.25) is 5.95 Å². The van der Waals surface area contributed by atoms with Crippen LogP contribution < -0.4 is 15.4 Å². The summed E-state index contributed by atoms with van der Waals surface area (Å²) >= 11 is 0. The first-order chi connectivity index (χ1) is 16.5. The predicted octanol–water partition coefficient (Wildman–Crippen LogP) is 5.78. The van der Waals surface area contributed by atoms with E-state index in [9.17, 15) is 4.79 Å². The van der Waals surface area contributed by atoms with Gasteiger partial charge >= 0.3 is 0 Å². The second-order valence-electron chi connectivity index (χ2n) is 8.85. The second-order valence-corrected chi connectivity index (χ2v) is 8.85. The zero-order valence-corrected chi connectivity index (χ0v) is 20.4. The van der Waals surface area contributed by atoms with Crippen molar-refractivity contribution in [2.75, 3.05) is 17.2 Å². The molecule has 2 heterocycles. The molecule has 7 heteroatoms. The SMILES string of the molecule is CCCCCCOc1ccc([C@@H]2C(C(=O)Nc3ccc(C)cc3C)=C(C)Nc3ncnn32)cc1. The number of anilines is 2. The first-order valence-corrected chi connectivity index (χ1v) is 12.0. The number of ether oxygens (including phenoxy) is 1. The molecule has 0 unspecified atom stereocenters. The fraction of sp³-hybridized carbons (Fsp3) is 0.370. The Labute approximate surface area is 201 Å². The largest absolute Gasteiger partial charge is 0.494 e. The molecular formula is C27H33N5O2. The molecule has 2 aromatic carbocycles. The van der Waals surface area contributed by atoms with Gasteiger partial charge in [-0.15, -0.1) is 0 Å². The molecule has 1 aliphatic heterocycles. The molecule has 0 aliphatic carbocycles. The zero-order valence-electron chi connectivity index (χ0n) is 20.4. The lowest BCUT2D eigenvalue weighted by atomic mass is 9.94. The molecular weight excluding hydrogens is 426 g/mol. The Balaban J connectivity index is 1.58. The van der Waals surface area contributed by atoms with Gasteiger partial charge in [-0.25, -0.2) is 4.68 Å². The molecule has 0 spiro atoms. The third-order valence-electron chi connectivity index (χ3n) is 6.13. The van der Waals surface area contributed by atoms with Crippen molar-refractivity contribution in [3.05, 3.63) is 76.8 Å². The minimum absolute atomic E-state index is 0.167. The molecule has 2 N–H and O–H groups in total. The van der Waals surface area contributed by atoms with E-state index in [1.807, 2.05) is 57.2 Å². The summed E-state index contributed by atoms with van der Waals surface area (Å²) < 4.78 is 7.66. The van der Waals surface area contributed by atoms with E-state index in [0.29, 0.717) is 18.1 Å². The molecule has 0 saturated heterocycles. The van der Waals surface area contributed by atoms with Crippen molar-refractivity contribution >= 4 is 17.5 Å². The minimum atomic E-state index is -0.400. The molecule has 0 saturated carbocycles. The van der Waals surface area contributed by atoms with E-state index in [4.69, 9.17) is 4.74 Å². The molecule has 1 amide bonds. The van der Waals surface area contributed by atoms with Gasteiger partial charge in [-0.1, -0.05) is 56.0 Å². The van der Waals surface area contributed by atoms with Crippen LogP contribution in [0.2, 0.25) is 0 Å². The van der Waals surface area contributed by atoms with Gasteiger partial charge in [-0.2, -0.15) is 10.1 Å². The topological polar surface area (TPSA) is 81.1 Å². The van der Waals surface area contributed by atoms with E-state index in [1.165, 1.54) is 25.6 Å². The number of unbranched alkanes of at least 4 members (excludes halogenated alkanes) is 3. The number of aryl methyl sites for hydroxylation is 2. The summed E-state index contributed by atoms with van der Waals surface area (Å²) in [5.41, 5.74) is 5.27. The van der Waals surface area contributed by atoms with Crippen molar-refractivity contribution in [2.24, 2.45) is 0 Å². The Morgan fingerprint density at radius 3 is 2.62 bits per heavy atom. The summed E-state index contributed by atoms with van der Waals surface area (Å²) in [6.07, 6.45) is 6.18. The number of carbonyl (C=O) groups is 1. The van der Waals surface area contributed by atoms with Crippen LogP contribution in [0.25, 0.3) is 0 Å². The van der Waals surface area contributed by atoms with Crippen LogP contribution in [-0.4, -0.2) is 27.3 Å². The van der Waals surface area contributed by atoms with Gasteiger partial charge in [0.05, 0.1) is 12.2 Å². The maximum atomic E-state index is 13.5. The molecule has 1 atom stereocenters. The zero-order chi connectivity index (χ0) is 24.1. The molecule has 3 aromatic rings. The fourth-order valence-electron chi connectivity index (χ4n) is 4.30. The summed E-state index contributed by atoms with van der Waals surface area (Å²) in [5, 5.41) is 10.7. The van der Waals surface area contributed by atoms with Crippen LogP contribution in [0.5, 0.6) is 5.75 Å². The molecule has 0 bridgehead atoms. The monoisotopic (exact) mass is 459 g/mol. The summed E-state index contributed by atoms with van der Waals surface area (Å²) in [4.78, 5) is 17.8. The number of nitrogens with one attached hydrogen (secondary N) is 2. The van der Waals surface area contributed by atoms with E-state index in [1.54, 1.807) is 4.68 Å². The average Bonchev–Trinajstić information content (AvgIpc) is 3.28. The number of hydrogen-bond acceptors (Lipinski definition) is 5. The lowest BCUT2D eigenvalue weighted by Gasteiger charge is -2.29. The maximum Gasteiger partial charge on any atom is 0.255 e. The average molecular weight is 460 g/mol. The first-order valence-electron chi connectivity index (χ1n) is 12.0. The van der Waals surface area contributed by atoms with Crippen LogP contribution in [-0.2, 0) is 4.79 Å². The Morgan fingerprint density at radius 1 is 1.09 bits per heavy atom. The predicted molar refractivity (Wildman–Crippen MR) is 135 cm³/mol. The molecule has 0 radical (unpaired) electrons. The van der Waals surface area contributed by atoms with Crippen LogP contribution in [0.3, 0.4) is 0 Å². The normalized spacial score (nSPS) is 15.0. The summed E-state index contributed by atoms with van der Waals surface area (Å²) in [5.74, 6) is 1.27. The quantitative estimate of drug-likeness (QED) is 0.396. The number of hydrogen-bond donors (Lipinski definition) is 2. The lowest BCUT2D eigenvalue weighted by molar-refractivity contribution is -0.113. The second kappa shape index (κ2) is 10.5. The summed E-state index contributed by atoms with van der Waals surface area (Å²) in [6, 6.07) is 13.5. The van der Waals surface area contributed by atoms with Gasteiger partial charge in [-0.3, -0.25) is 4.79 Å². The highest BCUT2D eigenvalue weighted by atomic mass is 16.5. The lowest BCUT2D eigenvalue weighted by Crippen LogP contribution is -2.31. The molecule has 1 aliphatic rings. The number of allylic oxidation sites excluding steroid dienone is 1. The highest BCUT2D eigenvalue weighted by Gasteiger charge is 2.33. The van der Waals surface area contributed by atoms with E-state index in [0.717, 1.165) is 40.2 Å². The van der Waals surface area contributed by atoms with Crippen LogP contribution in [0, 0.1) is 13.8 Å². The standard InChI is InChI=1S/C27H33N5O2/c1-5-6-7-8-15-34-22-12-10-21(11-13-22)25-24(20(4)30-27-28-17-29-32(25)27)26(33)31-23-14-9-18(2)16-19(23)3/h9-14,16-17,25H,5-8,15H2,1-4H3,(H,31,33)(H,28,29,30)/t25-/m1/s1. The van der Waals surface area contributed by atoms with Gasteiger partial charge < -0.3 is 15.4 Å². The number of benzene rings is 2. The highest BCUT2D eigenvalue weighted by molar-refractivity contribution is 6.06. The molecule has 4 rings (SSSR count). The van der Waals surface area contributed by atoms with Gasteiger partial charge in [0.25, 0.3) is 5.91 Å². The van der Waals surface area contributed by atoms with Gasteiger partial charge in [0, 0.05) is 11.4 Å². The van der Waals surface area contributed by atoms with Crippen LogP contribution >= 0.6 is 0 Å². The van der Waals surface area contributed by atoms with Crippen molar-refractivity contribution in [1.29, 1.82) is 0 Å². The minimum Gasteiger partial charge on any atom is -0.494 e. The maximum absolute atomic E-state index is 13.5. The molecule has 1 aromatic heterocycles. The van der Waals surface area contributed by atoms with Gasteiger partial charge in [-0.05, 0) is 56.5 Å². The van der Waals surface area contributed by atoms with Crippen LogP contribution in [0.4, 0.5) is 11.6 Å². The molecule has 178 valence electrons. The number of rotatable bonds is 9. The Hall–Kier alpha value is -3.61. The number of nitrogens with zero attached hydrogens (tertiary/aromatic N) is 3. The summed E-state index contributed by atoms with van der Waals surface area (Å²) in [6.45, 7) is 8.85. The number of carbonyl (C=O) groups excluding carboxylic acids is 1. The number of fused-ring (bicyclic) bond motifs is 1. The van der Waals surface area contributed by atoms with Gasteiger partial charge in [0.15, 0.2) is 0 Å². The van der Waals surface area contributed by atoms with E-state index >= 15 is 0 Å². The molecule has 34 heavy (non-hydrogen) atoms. The molecule has 0 fully saturated rings. The van der Waals surface area contributed by atoms with Crippen molar-refractivity contribution in [2.45, 2.75) is 59.4 Å². The Kier molecular flexibility index (Phi) is 7.30. The smallest absolute Gasteiger partial charge is 0.255 e. The van der Waals surface area contributed by atoms with E-state index in [2.05, 4.69) is 33.7 Å². The van der Waals surface area contributed by atoms with Crippen molar-refractivity contribution < 1.29 is 9.53 Å². The van der Waals surface area contributed by atoms with Gasteiger partial charge in [0.1, 0.15) is 18.1 Å².